The molecule has 18 heavy (non-hydrogen) atoms. The van der Waals surface area contributed by atoms with E-state index in [0.29, 0.717) is 0 Å². The minimum absolute atomic E-state index is 0.00495. The Labute approximate surface area is 107 Å². The fraction of sp³-hybridized carbons (Fsp3) is 0.500. The first-order chi connectivity index (χ1) is 8.45. The van der Waals surface area contributed by atoms with Crippen LogP contribution >= 0.6 is 0 Å². The number of anilines is 1. The molecule has 0 aliphatic heterocycles. The summed E-state index contributed by atoms with van der Waals surface area (Å²) >= 11 is 0. The Balaban J connectivity index is 3.26. The highest BCUT2D eigenvalue weighted by molar-refractivity contribution is 7.89. The molecule has 1 aromatic heterocycles. The number of hydrogen-bond donors (Lipinski definition) is 3. The number of nitrogens with two attached hydrogens (primary N) is 1. The van der Waals surface area contributed by atoms with Gasteiger partial charge in [-0.25, -0.2) is 19.2 Å². The van der Waals surface area contributed by atoms with E-state index in [1.165, 1.54) is 22.6 Å². The van der Waals surface area contributed by atoms with Crippen LogP contribution in [0.1, 0.15) is 13.8 Å². The van der Waals surface area contributed by atoms with Crippen molar-refractivity contribution < 1.29 is 13.5 Å². The summed E-state index contributed by atoms with van der Waals surface area (Å²) in [5.74, 6) is 5.34. The van der Waals surface area contributed by atoms with E-state index in [1.54, 1.807) is 13.8 Å². The van der Waals surface area contributed by atoms with E-state index >= 15 is 0 Å². The molecule has 8 heteroatoms. The minimum Gasteiger partial charge on any atom is -0.395 e. The lowest BCUT2D eigenvalue weighted by molar-refractivity contribution is 0.236. The molecule has 0 atom stereocenters. The fourth-order valence-electron chi connectivity index (χ4n) is 1.59. The predicted octanol–water partition coefficient (Wildman–Crippen LogP) is -0.241. The molecule has 0 saturated heterocycles. The van der Waals surface area contributed by atoms with Gasteiger partial charge >= 0.3 is 0 Å². The van der Waals surface area contributed by atoms with Crippen LogP contribution in [-0.4, -0.2) is 42.0 Å². The third kappa shape index (κ3) is 2.96. The van der Waals surface area contributed by atoms with Gasteiger partial charge in [-0.1, -0.05) is 0 Å². The Morgan fingerprint density at radius 2 is 2.22 bits per heavy atom. The van der Waals surface area contributed by atoms with Crippen molar-refractivity contribution in [3.63, 3.8) is 0 Å². The average molecular weight is 274 g/mol. The van der Waals surface area contributed by atoms with Crippen molar-refractivity contribution in [2.24, 2.45) is 5.84 Å². The van der Waals surface area contributed by atoms with Crippen molar-refractivity contribution in [3.8, 4) is 0 Å². The van der Waals surface area contributed by atoms with Gasteiger partial charge in [0.05, 0.1) is 6.61 Å². The molecule has 0 radical (unpaired) electrons. The molecule has 0 aromatic carbocycles. The van der Waals surface area contributed by atoms with Crippen molar-refractivity contribution in [2.45, 2.75) is 24.8 Å². The highest BCUT2D eigenvalue weighted by Gasteiger charge is 2.29. The number of aromatic nitrogens is 1. The van der Waals surface area contributed by atoms with Gasteiger partial charge in [0.1, 0.15) is 4.90 Å². The van der Waals surface area contributed by atoms with Crippen LogP contribution in [-0.2, 0) is 10.0 Å². The molecule has 0 amide bonds. The number of sulfonamides is 1. The first kappa shape index (κ1) is 14.8. The Hall–Kier alpha value is -1.22. The number of pyridine rings is 1. The second-order valence-electron chi connectivity index (χ2n) is 3.93. The van der Waals surface area contributed by atoms with E-state index in [-0.39, 0.29) is 29.9 Å². The predicted molar refractivity (Wildman–Crippen MR) is 68.2 cm³/mol. The van der Waals surface area contributed by atoms with Crippen LogP contribution in [0.15, 0.2) is 23.2 Å². The highest BCUT2D eigenvalue weighted by Crippen LogP contribution is 2.22. The summed E-state index contributed by atoms with van der Waals surface area (Å²) < 4.78 is 26.0. The van der Waals surface area contributed by atoms with E-state index in [4.69, 9.17) is 10.9 Å². The number of hydrogen-bond acceptors (Lipinski definition) is 6. The number of aliphatic hydroxyl groups is 1. The van der Waals surface area contributed by atoms with Crippen LogP contribution in [0, 0.1) is 0 Å². The quantitative estimate of drug-likeness (QED) is 0.488. The average Bonchev–Trinajstić information content (AvgIpc) is 2.35. The first-order valence-electron chi connectivity index (χ1n) is 5.49. The normalized spacial score (nSPS) is 12.1. The molecule has 102 valence electrons. The molecular formula is C10H18N4O3S. The number of aliphatic hydroxyl groups excluding tert-OH is 1. The van der Waals surface area contributed by atoms with Crippen LogP contribution in [0.25, 0.3) is 0 Å². The van der Waals surface area contributed by atoms with Crippen molar-refractivity contribution in [1.29, 1.82) is 0 Å². The second kappa shape index (κ2) is 6.10. The summed E-state index contributed by atoms with van der Waals surface area (Å²) in [6.45, 7) is 3.25. The van der Waals surface area contributed by atoms with Crippen molar-refractivity contribution in [3.05, 3.63) is 18.3 Å². The molecule has 4 N–H and O–H groups in total. The number of hydrazine groups is 1. The van der Waals surface area contributed by atoms with E-state index in [2.05, 4.69) is 10.4 Å². The Kier molecular flexibility index (Phi) is 5.03. The molecule has 0 unspecified atom stereocenters. The van der Waals surface area contributed by atoms with Crippen LogP contribution in [0.2, 0.25) is 0 Å². The molecule has 0 bridgehead atoms. The lowest BCUT2D eigenvalue weighted by Crippen LogP contribution is -2.39. The third-order valence-corrected chi connectivity index (χ3v) is 4.50. The lowest BCUT2D eigenvalue weighted by Gasteiger charge is -2.25. The van der Waals surface area contributed by atoms with Gasteiger partial charge in [0.15, 0.2) is 5.82 Å². The topological polar surface area (TPSA) is 109 Å². The SMILES string of the molecule is CC(C)N(CCO)S(=O)(=O)c1cccnc1NN. The van der Waals surface area contributed by atoms with E-state index in [1.807, 2.05) is 0 Å². The molecule has 7 nitrogen and oxygen atoms in total. The Morgan fingerprint density at radius 3 is 2.72 bits per heavy atom. The number of nitrogens with zero attached hydrogens (tertiary/aromatic N) is 2. The molecular weight excluding hydrogens is 256 g/mol. The van der Waals surface area contributed by atoms with Gasteiger partial charge in [-0.2, -0.15) is 4.31 Å². The highest BCUT2D eigenvalue weighted by atomic mass is 32.2. The Morgan fingerprint density at radius 1 is 1.56 bits per heavy atom. The smallest absolute Gasteiger partial charge is 0.247 e. The molecule has 1 aromatic rings. The van der Waals surface area contributed by atoms with Gasteiger partial charge in [0.25, 0.3) is 0 Å². The summed E-state index contributed by atoms with van der Waals surface area (Å²) in [5, 5.41) is 8.96. The summed E-state index contributed by atoms with van der Waals surface area (Å²) in [7, 11) is -3.74. The van der Waals surface area contributed by atoms with Crippen LogP contribution in [0.3, 0.4) is 0 Å². The number of nitrogens with one attached hydrogen (secondary N) is 1. The van der Waals surface area contributed by atoms with Gasteiger partial charge in [-0.05, 0) is 26.0 Å². The zero-order valence-electron chi connectivity index (χ0n) is 10.4. The van der Waals surface area contributed by atoms with Gasteiger partial charge in [-0.3, -0.25) is 0 Å². The van der Waals surface area contributed by atoms with Gasteiger partial charge in [0, 0.05) is 18.8 Å². The fourth-order valence-corrected chi connectivity index (χ4v) is 3.32. The van der Waals surface area contributed by atoms with Crippen molar-refractivity contribution >= 4 is 15.8 Å². The zero-order valence-corrected chi connectivity index (χ0v) is 11.2. The molecule has 0 aliphatic carbocycles. The molecule has 0 aliphatic rings. The summed E-state index contributed by atoms with van der Waals surface area (Å²) in [6.07, 6.45) is 1.44. The molecule has 0 saturated carbocycles. The largest absolute Gasteiger partial charge is 0.395 e. The summed E-state index contributed by atoms with van der Waals surface area (Å²) in [5.41, 5.74) is 2.26. The van der Waals surface area contributed by atoms with Crippen molar-refractivity contribution in [2.75, 3.05) is 18.6 Å². The summed E-state index contributed by atoms with van der Waals surface area (Å²) in [6, 6.07) is 2.67. The van der Waals surface area contributed by atoms with Crippen LogP contribution in [0.5, 0.6) is 0 Å². The standard InChI is InChI=1S/C10H18N4O3S/c1-8(2)14(6-7-15)18(16,17)9-4-3-5-12-10(9)13-11/h3-5,8,15H,6-7,11H2,1-2H3,(H,12,13). The first-order valence-corrected chi connectivity index (χ1v) is 6.93. The molecule has 0 spiro atoms. The Bertz CT molecular complexity index is 490. The maximum absolute atomic E-state index is 12.4. The van der Waals surface area contributed by atoms with Crippen LogP contribution in [0.4, 0.5) is 5.82 Å². The third-order valence-electron chi connectivity index (χ3n) is 2.39. The monoisotopic (exact) mass is 274 g/mol. The molecule has 0 fully saturated rings. The maximum Gasteiger partial charge on any atom is 0.247 e. The lowest BCUT2D eigenvalue weighted by atomic mass is 10.4. The van der Waals surface area contributed by atoms with Gasteiger partial charge in [-0.15, -0.1) is 0 Å². The second-order valence-corrected chi connectivity index (χ2v) is 5.79. The van der Waals surface area contributed by atoms with Gasteiger partial charge < -0.3 is 10.5 Å². The van der Waals surface area contributed by atoms with E-state index in [9.17, 15) is 8.42 Å². The van der Waals surface area contributed by atoms with E-state index in [0.717, 1.165) is 0 Å². The minimum atomic E-state index is -3.74. The molecule has 1 heterocycles. The maximum atomic E-state index is 12.4. The molecule has 1 rings (SSSR count). The van der Waals surface area contributed by atoms with E-state index < -0.39 is 10.0 Å². The number of nitrogen functional groups attached to an aromatic ring is 1. The van der Waals surface area contributed by atoms with Crippen LogP contribution < -0.4 is 11.3 Å². The number of rotatable bonds is 6. The van der Waals surface area contributed by atoms with Crippen molar-refractivity contribution in [1.82, 2.24) is 9.29 Å². The zero-order chi connectivity index (χ0) is 13.8. The van der Waals surface area contributed by atoms with Gasteiger partial charge in [0.2, 0.25) is 10.0 Å². The summed E-state index contributed by atoms with van der Waals surface area (Å²) in [4.78, 5) is 3.86.